The molecule has 0 saturated carbocycles. The summed E-state index contributed by atoms with van der Waals surface area (Å²) in [4.78, 5) is 5.19. The van der Waals surface area contributed by atoms with E-state index in [-0.39, 0.29) is 0 Å². The number of H-pyrrole nitrogens is 1. The van der Waals surface area contributed by atoms with Gasteiger partial charge >= 0.3 is 0 Å². The lowest BCUT2D eigenvalue weighted by molar-refractivity contribution is 0.0151. The predicted molar refractivity (Wildman–Crippen MR) is 98.0 cm³/mol. The number of benzene rings is 1. The molecule has 6 nitrogen and oxygen atoms in total. The molecule has 2 saturated heterocycles. The predicted octanol–water partition coefficient (Wildman–Crippen LogP) is 2.26. The van der Waals surface area contributed by atoms with E-state index in [1.807, 2.05) is 12.1 Å². The number of nitrogens with one attached hydrogen (secondary N) is 1. The number of morpholine rings is 1. The van der Waals surface area contributed by atoms with Gasteiger partial charge in [0.2, 0.25) is 0 Å². The van der Waals surface area contributed by atoms with Crippen LogP contribution in [0.15, 0.2) is 18.2 Å². The molecule has 1 atom stereocenters. The van der Waals surface area contributed by atoms with E-state index >= 15 is 0 Å². The van der Waals surface area contributed by atoms with Gasteiger partial charge in [-0.2, -0.15) is 5.10 Å². The highest BCUT2D eigenvalue weighted by Crippen LogP contribution is 2.26. The number of methoxy groups -OCH3 is 1. The number of rotatable bonds is 5. The fourth-order valence-corrected chi connectivity index (χ4v) is 4.05. The van der Waals surface area contributed by atoms with Crippen LogP contribution in [0.5, 0.6) is 5.75 Å². The first-order chi connectivity index (χ1) is 12.3. The van der Waals surface area contributed by atoms with E-state index in [1.54, 1.807) is 7.11 Å². The van der Waals surface area contributed by atoms with E-state index in [2.05, 4.69) is 26.1 Å². The minimum Gasteiger partial charge on any atom is -0.497 e. The van der Waals surface area contributed by atoms with Crippen LogP contribution in [0.25, 0.3) is 10.9 Å². The van der Waals surface area contributed by atoms with Crippen molar-refractivity contribution in [3.05, 3.63) is 23.9 Å². The molecule has 0 bridgehead atoms. The van der Waals surface area contributed by atoms with Gasteiger partial charge in [-0.25, -0.2) is 0 Å². The zero-order valence-electron chi connectivity index (χ0n) is 15.0. The molecule has 6 heteroatoms. The molecule has 2 fully saturated rings. The highest BCUT2D eigenvalue weighted by Gasteiger charge is 2.26. The summed E-state index contributed by atoms with van der Waals surface area (Å²) in [5, 5.41) is 8.90. The van der Waals surface area contributed by atoms with Gasteiger partial charge in [-0.05, 0) is 37.6 Å². The molecule has 25 heavy (non-hydrogen) atoms. The van der Waals surface area contributed by atoms with Crippen molar-refractivity contribution in [2.75, 3.05) is 46.5 Å². The second-order valence-electron chi connectivity index (χ2n) is 7.12. The molecule has 136 valence electrons. The van der Waals surface area contributed by atoms with Crippen LogP contribution in [-0.4, -0.2) is 72.5 Å². The SMILES string of the molecule is COc1ccc2n[nH]c(CN3CCCCC3CN3CCOCC3)c2c1. The lowest BCUT2D eigenvalue weighted by atomic mass is 10.0. The maximum absolute atomic E-state index is 5.49. The van der Waals surface area contributed by atoms with Crippen molar-refractivity contribution in [3.63, 3.8) is 0 Å². The number of aromatic nitrogens is 2. The zero-order valence-corrected chi connectivity index (χ0v) is 15.0. The number of ether oxygens (including phenoxy) is 2. The van der Waals surface area contributed by atoms with E-state index in [9.17, 15) is 0 Å². The van der Waals surface area contributed by atoms with Crippen molar-refractivity contribution in [1.82, 2.24) is 20.0 Å². The van der Waals surface area contributed by atoms with Crippen LogP contribution in [-0.2, 0) is 11.3 Å². The van der Waals surface area contributed by atoms with E-state index in [4.69, 9.17) is 9.47 Å². The first-order valence-electron chi connectivity index (χ1n) is 9.38. The Balaban J connectivity index is 1.49. The van der Waals surface area contributed by atoms with E-state index < -0.39 is 0 Å². The molecule has 0 radical (unpaired) electrons. The van der Waals surface area contributed by atoms with Crippen LogP contribution in [0.3, 0.4) is 0 Å². The number of piperidine rings is 1. The molecule has 4 rings (SSSR count). The minimum absolute atomic E-state index is 0.621. The van der Waals surface area contributed by atoms with Crippen LogP contribution >= 0.6 is 0 Å². The number of hydrogen-bond donors (Lipinski definition) is 1. The van der Waals surface area contributed by atoms with Gasteiger partial charge in [0.1, 0.15) is 5.75 Å². The van der Waals surface area contributed by atoms with Crippen molar-refractivity contribution in [2.24, 2.45) is 0 Å². The molecule has 3 heterocycles. The largest absolute Gasteiger partial charge is 0.497 e. The lowest BCUT2D eigenvalue weighted by Gasteiger charge is -2.39. The standard InChI is InChI=1S/C19H28N4O2/c1-24-16-5-6-18-17(12-16)19(21-20-18)14-23-7-3-2-4-15(23)13-22-8-10-25-11-9-22/h5-6,12,15H,2-4,7-11,13-14H2,1H3,(H,20,21). The Morgan fingerprint density at radius 1 is 1.24 bits per heavy atom. The van der Waals surface area contributed by atoms with Gasteiger partial charge in [-0.15, -0.1) is 0 Å². The zero-order chi connectivity index (χ0) is 17.1. The Kier molecular flexibility index (Phi) is 5.20. The Labute approximate surface area is 149 Å². The van der Waals surface area contributed by atoms with Gasteiger partial charge in [0.25, 0.3) is 0 Å². The normalized spacial score (nSPS) is 23.2. The average Bonchev–Trinajstić information content (AvgIpc) is 3.06. The van der Waals surface area contributed by atoms with Crippen LogP contribution in [0.4, 0.5) is 0 Å². The number of nitrogens with zero attached hydrogens (tertiary/aromatic N) is 3. The van der Waals surface area contributed by atoms with Crippen molar-refractivity contribution in [3.8, 4) is 5.75 Å². The molecular formula is C19H28N4O2. The third-order valence-electron chi connectivity index (χ3n) is 5.52. The molecule has 2 aromatic rings. The molecular weight excluding hydrogens is 316 g/mol. The van der Waals surface area contributed by atoms with Crippen molar-refractivity contribution in [2.45, 2.75) is 31.8 Å². The van der Waals surface area contributed by atoms with E-state index in [0.717, 1.165) is 50.7 Å². The molecule has 2 aliphatic heterocycles. The summed E-state index contributed by atoms with van der Waals surface area (Å²) in [5.41, 5.74) is 2.21. The lowest BCUT2D eigenvalue weighted by Crippen LogP contribution is -2.49. The third-order valence-corrected chi connectivity index (χ3v) is 5.52. The first-order valence-corrected chi connectivity index (χ1v) is 9.38. The fraction of sp³-hybridized carbons (Fsp3) is 0.632. The highest BCUT2D eigenvalue weighted by atomic mass is 16.5. The smallest absolute Gasteiger partial charge is 0.119 e. The Bertz CT molecular complexity index is 696. The van der Waals surface area contributed by atoms with Crippen LogP contribution in [0.1, 0.15) is 25.0 Å². The fourth-order valence-electron chi connectivity index (χ4n) is 4.05. The van der Waals surface area contributed by atoms with Crippen molar-refractivity contribution in [1.29, 1.82) is 0 Å². The first kappa shape index (κ1) is 16.8. The number of likely N-dealkylation sites (tertiary alicyclic amines) is 1. The molecule has 0 amide bonds. The Morgan fingerprint density at radius 2 is 2.12 bits per heavy atom. The molecule has 0 spiro atoms. The van der Waals surface area contributed by atoms with Gasteiger partial charge in [-0.1, -0.05) is 6.42 Å². The molecule has 1 aromatic heterocycles. The molecule has 1 aromatic carbocycles. The van der Waals surface area contributed by atoms with Crippen molar-refractivity contribution < 1.29 is 9.47 Å². The van der Waals surface area contributed by atoms with Gasteiger partial charge in [0.15, 0.2) is 0 Å². The van der Waals surface area contributed by atoms with Crippen LogP contribution in [0.2, 0.25) is 0 Å². The van der Waals surface area contributed by atoms with Crippen molar-refractivity contribution >= 4 is 10.9 Å². The number of fused-ring (bicyclic) bond motifs is 1. The quantitative estimate of drug-likeness (QED) is 0.902. The van der Waals surface area contributed by atoms with Gasteiger partial charge in [0, 0.05) is 37.6 Å². The Hall–Kier alpha value is -1.63. The molecule has 1 unspecified atom stereocenters. The van der Waals surface area contributed by atoms with E-state index in [0.29, 0.717) is 6.04 Å². The minimum atomic E-state index is 0.621. The van der Waals surface area contributed by atoms with Gasteiger partial charge in [-0.3, -0.25) is 14.9 Å². The third kappa shape index (κ3) is 3.81. The molecule has 1 N–H and O–H groups in total. The highest BCUT2D eigenvalue weighted by molar-refractivity contribution is 5.82. The summed E-state index contributed by atoms with van der Waals surface area (Å²) in [7, 11) is 1.71. The summed E-state index contributed by atoms with van der Waals surface area (Å²) in [6.45, 7) is 7.12. The summed E-state index contributed by atoms with van der Waals surface area (Å²) < 4.78 is 10.9. The number of hydrogen-bond acceptors (Lipinski definition) is 5. The summed E-state index contributed by atoms with van der Waals surface area (Å²) in [5.74, 6) is 0.888. The van der Waals surface area contributed by atoms with Gasteiger partial charge in [0.05, 0.1) is 31.5 Å². The van der Waals surface area contributed by atoms with E-state index in [1.165, 1.54) is 36.9 Å². The Morgan fingerprint density at radius 3 is 2.96 bits per heavy atom. The monoisotopic (exact) mass is 344 g/mol. The molecule has 0 aliphatic carbocycles. The molecule has 2 aliphatic rings. The average molecular weight is 344 g/mol. The maximum atomic E-state index is 5.49. The summed E-state index contributed by atoms with van der Waals surface area (Å²) >= 11 is 0. The summed E-state index contributed by atoms with van der Waals surface area (Å²) in [6, 6.07) is 6.70. The van der Waals surface area contributed by atoms with Crippen LogP contribution in [0, 0.1) is 0 Å². The number of aromatic amines is 1. The van der Waals surface area contributed by atoms with Gasteiger partial charge < -0.3 is 9.47 Å². The second kappa shape index (κ2) is 7.72. The van der Waals surface area contributed by atoms with Crippen LogP contribution < -0.4 is 4.74 Å². The second-order valence-corrected chi connectivity index (χ2v) is 7.12. The maximum Gasteiger partial charge on any atom is 0.119 e. The topological polar surface area (TPSA) is 53.6 Å². The summed E-state index contributed by atoms with van der Waals surface area (Å²) in [6.07, 6.45) is 3.91.